The van der Waals surface area contributed by atoms with Crippen LogP contribution in [0, 0.1) is 6.92 Å². The van der Waals surface area contributed by atoms with Gasteiger partial charge in [-0.15, -0.1) is 0 Å². The zero-order chi connectivity index (χ0) is 31.3. The molecule has 4 aromatic rings. The predicted molar refractivity (Wildman–Crippen MR) is 170 cm³/mol. The third-order valence-electron chi connectivity index (χ3n) is 7.11. The van der Waals surface area contributed by atoms with Gasteiger partial charge in [0.2, 0.25) is 11.8 Å². The fourth-order valence-electron chi connectivity index (χ4n) is 4.61. The lowest BCUT2D eigenvalue weighted by Crippen LogP contribution is -2.55. The van der Waals surface area contributed by atoms with Crippen LogP contribution in [-0.4, -0.2) is 41.4 Å². The Morgan fingerprint density at radius 3 is 1.98 bits per heavy atom. The van der Waals surface area contributed by atoms with E-state index in [0.29, 0.717) is 24.5 Å². The molecule has 0 spiro atoms. The average molecular weight is 594 g/mol. The molecule has 0 fully saturated rings. The highest BCUT2D eigenvalue weighted by Gasteiger charge is 2.28. The molecule has 0 aliphatic heterocycles. The molecule has 0 unspecified atom stereocenters. The molecule has 3 aromatic carbocycles. The monoisotopic (exact) mass is 593 g/mol. The molecule has 2 atom stereocenters. The number of aryl methyl sites for hydroxylation is 1. The van der Waals surface area contributed by atoms with Crippen molar-refractivity contribution in [3.05, 3.63) is 131 Å². The number of carbonyl (C=O) groups is 3. The summed E-state index contributed by atoms with van der Waals surface area (Å²) in [6, 6.07) is 26.1. The number of aromatic nitrogens is 1. The van der Waals surface area contributed by atoms with Crippen LogP contribution in [0.2, 0.25) is 0 Å². The highest BCUT2D eigenvalue weighted by atomic mass is 16.5. The first-order valence-electron chi connectivity index (χ1n) is 14.7. The predicted octanol–water partition coefficient (Wildman–Crippen LogP) is 3.63. The van der Waals surface area contributed by atoms with E-state index in [1.807, 2.05) is 92.7 Å². The quantitative estimate of drug-likeness (QED) is 0.176. The number of nitrogens with zero attached hydrogens (tertiary/aromatic N) is 1. The summed E-state index contributed by atoms with van der Waals surface area (Å²) in [6.45, 7) is 5.00. The first-order chi connectivity index (χ1) is 21.3. The van der Waals surface area contributed by atoms with Crippen LogP contribution in [0.1, 0.15) is 45.2 Å². The lowest BCUT2D eigenvalue weighted by Gasteiger charge is -2.24. The Bertz CT molecular complexity index is 1510. The minimum atomic E-state index is -0.961. The van der Waals surface area contributed by atoms with E-state index < -0.39 is 23.9 Å². The Morgan fingerprint density at radius 1 is 0.750 bits per heavy atom. The highest BCUT2D eigenvalue weighted by molar-refractivity contribution is 5.98. The van der Waals surface area contributed by atoms with Gasteiger partial charge >= 0.3 is 0 Å². The number of nitrogens with one attached hydrogen (secondary N) is 3. The summed E-state index contributed by atoms with van der Waals surface area (Å²) >= 11 is 0. The zero-order valence-corrected chi connectivity index (χ0v) is 25.1. The minimum Gasteiger partial charge on any atom is -0.494 e. The molecule has 0 aliphatic carbocycles. The van der Waals surface area contributed by atoms with Crippen LogP contribution in [0.4, 0.5) is 0 Å². The fourth-order valence-corrected chi connectivity index (χ4v) is 4.61. The topological polar surface area (TPSA) is 135 Å². The Labute approximate surface area is 258 Å². The Morgan fingerprint density at radius 2 is 1.36 bits per heavy atom. The van der Waals surface area contributed by atoms with E-state index in [0.717, 1.165) is 27.9 Å². The van der Waals surface area contributed by atoms with Crippen LogP contribution in [-0.2, 0) is 35.5 Å². The maximum atomic E-state index is 13.8. The maximum Gasteiger partial charge on any atom is 0.253 e. The number of benzene rings is 3. The van der Waals surface area contributed by atoms with Crippen molar-refractivity contribution < 1.29 is 19.1 Å². The van der Waals surface area contributed by atoms with E-state index in [1.165, 1.54) is 6.20 Å². The zero-order valence-electron chi connectivity index (χ0n) is 25.1. The number of carbonyl (C=O) groups excluding carboxylic acids is 3. The summed E-state index contributed by atoms with van der Waals surface area (Å²) in [5.74, 6) is -0.535. The molecule has 0 saturated heterocycles. The maximum absolute atomic E-state index is 13.8. The van der Waals surface area contributed by atoms with E-state index >= 15 is 0 Å². The standard InChI is InChI=1S/C35H39N5O4/c1-3-44-30-17-14-26(15-18-30)20-32(39-33(41)29-16-9-24(2)37-23-29)35(43)40-31(19-25-7-5-4-6-8-25)34(42)38-22-28-12-10-27(21-36)11-13-28/h4-18,23,31-32H,3,19-22,36H2,1-2H3,(H,38,42)(H,39,41)(H,40,43)/t31-,32+/m0/s1. The van der Waals surface area contributed by atoms with Crippen molar-refractivity contribution in [2.24, 2.45) is 5.73 Å². The van der Waals surface area contributed by atoms with Gasteiger partial charge in [-0.05, 0) is 60.4 Å². The second-order valence-electron chi connectivity index (χ2n) is 10.5. The molecular formula is C35H39N5O4. The number of ether oxygens (including phenoxy) is 1. The van der Waals surface area contributed by atoms with Gasteiger partial charge in [0, 0.05) is 37.8 Å². The second kappa shape index (κ2) is 16.0. The summed E-state index contributed by atoms with van der Waals surface area (Å²) < 4.78 is 5.54. The number of pyridine rings is 1. The van der Waals surface area contributed by atoms with E-state index in [9.17, 15) is 14.4 Å². The van der Waals surface area contributed by atoms with E-state index in [2.05, 4.69) is 20.9 Å². The summed E-state index contributed by atoms with van der Waals surface area (Å²) in [5.41, 5.74) is 10.4. The SMILES string of the molecule is CCOc1ccc(C[C@@H](NC(=O)c2ccc(C)nc2)C(=O)N[C@@H](Cc2ccccc2)C(=O)NCc2ccc(CN)cc2)cc1. The molecule has 9 nitrogen and oxygen atoms in total. The molecule has 1 aromatic heterocycles. The lowest BCUT2D eigenvalue weighted by molar-refractivity contribution is -0.130. The van der Waals surface area contributed by atoms with Gasteiger partial charge in [-0.1, -0.05) is 66.7 Å². The summed E-state index contributed by atoms with van der Waals surface area (Å²) in [6.07, 6.45) is 1.95. The third-order valence-corrected chi connectivity index (χ3v) is 7.11. The van der Waals surface area contributed by atoms with Gasteiger partial charge in [-0.2, -0.15) is 0 Å². The van der Waals surface area contributed by atoms with Crippen molar-refractivity contribution in [3.8, 4) is 5.75 Å². The van der Waals surface area contributed by atoms with Crippen molar-refractivity contribution in [2.75, 3.05) is 6.61 Å². The van der Waals surface area contributed by atoms with Gasteiger partial charge in [0.05, 0.1) is 12.2 Å². The lowest BCUT2D eigenvalue weighted by atomic mass is 10.0. The van der Waals surface area contributed by atoms with Gasteiger partial charge in [-0.3, -0.25) is 19.4 Å². The average Bonchev–Trinajstić information content (AvgIpc) is 3.05. The fraction of sp³-hybridized carbons (Fsp3) is 0.257. The Hall–Kier alpha value is -5.02. The Kier molecular flexibility index (Phi) is 11.6. The van der Waals surface area contributed by atoms with Crippen LogP contribution < -0.4 is 26.4 Å². The number of amides is 3. The molecule has 0 saturated carbocycles. The van der Waals surface area contributed by atoms with E-state index in [4.69, 9.17) is 10.5 Å². The molecular weight excluding hydrogens is 554 g/mol. The van der Waals surface area contributed by atoms with Gasteiger partial charge in [0.25, 0.3) is 5.91 Å². The van der Waals surface area contributed by atoms with Crippen LogP contribution >= 0.6 is 0 Å². The molecule has 44 heavy (non-hydrogen) atoms. The van der Waals surface area contributed by atoms with Crippen molar-refractivity contribution in [1.29, 1.82) is 0 Å². The molecule has 228 valence electrons. The first-order valence-corrected chi connectivity index (χ1v) is 14.7. The summed E-state index contributed by atoms with van der Waals surface area (Å²) in [4.78, 5) is 44.7. The van der Waals surface area contributed by atoms with Crippen LogP contribution in [0.3, 0.4) is 0 Å². The second-order valence-corrected chi connectivity index (χ2v) is 10.5. The smallest absolute Gasteiger partial charge is 0.253 e. The number of hydrogen-bond acceptors (Lipinski definition) is 6. The molecule has 0 aliphatic rings. The van der Waals surface area contributed by atoms with E-state index in [1.54, 1.807) is 12.1 Å². The van der Waals surface area contributed by atoms with E-state index in [-0.39, 0.29) is 25.3 Å². The van der Waals surface area contributed by atoms with Crippen molar-refractivity contribution in [1.82, 2.24) is 20.9 Å². The largest absolute Gasteiger partial charge is 0.494 e. The van der Waals surface area contributed by atoms with Gasteiger partial charge in [-0.25, -0.2) is 0 Å². The van der Waals surface area contributed by atoms with Gasteiger partial charge in [0.1, 0.15) is 17.8 Å². The van der Waals surface area contributed by atoms with Crippen LogP contribution in [0.15, 0.2) is 97.2 Å². The molecule has 3 amide bonds. The van der Waals surface area contributed by atoms with Crippen LogP contribution in [0.25, 0.3) is 0 Å². The molecule has 4 rings (SSSR count). The van der Waals surface area contributed by atoms with Gasteiger partial charge < -0.3 is 26.4 Å². The molecule has 9 heteroatoms. The summed E-state index contributed by atoms with van der Waals surface area (Å²) in [7, 11) is 0. The summed E-state index contributed by atoms with van der Waals surface area (Å²) in [5, 5.41) is 8.72. The normalized spacial score (nSPS) is 12.1. The van der Waals surface area contributed by atoms with Crippen molar-refractivity contribution >= 4 is 17.7 Å². The van der Waals surface area contributed by atoms with Crippen molar-refractivity contribution in [2.45, 2.75) is 51.9 Å². The third kappa shape index (κ3) is 9.50. The molecule has 5 N–H and O–H groups in total. The van der Waals surface area contributed by atoms with Crippen LogP contribution in [0.5, 0.6) is 5.75 Å². The highest BCUT2D eigenvalue weighted by Crippen LogP contribution is 2.15. The first kappa shape index (κ1) is 31.9. The molecule has 1 heterocycles. The molecule has 0 radical (unpaired) electrons. The number of hydrogen-bond donors (Lipinski definition) is 4. The van der Waals surface area contributed by atoms with Crippen molar-refractivity contribution in [3.63, 3.8) is 0 Å². The Balaban J connectivity index is 1.53. The molecule has 0 bridgehead atoms. The number of nitrogens with two attached hydrogens (primary N) is 1. The minimum absolute atomic E-state index is 0.205. The van der Waals surface area contributed by atoms with Gasteiger partial charge in [0.15, 0.2) is 0 Å². The number of rotatable bonds is 14.